The summed E-state index contributed by atoms with van der Waals surface area (Å²) in [5.41, 5.74) is 4.96. The van der Waals surface area contributed by atoms with Crippen LogP contribution in [0.4, 0.5) is 0 Å². The Hall–Kier alpha value is -1.92. The molecule has 0 bridgehead atoms. The molecule has 1 heterocycles. The molecule has 7 nitrogen and oxygen atoms in total. The highest BCUT2D eigenvalue weighted by Crippen LogP contribution is 1.98. The Morgan fingerprint density at radius 1 is 1.64 bits per heavy atom. The second-order valence-electron chi connectivity index (χ2n) is 2.56. The van der Waals surface area contributed by atoms with Crippen LogP contribution in [0.1, 0.15) is 17.0 Å². The maximum atomic E-state index is 11.1. The van der Waals surface area contributed by atoms with E-state index in [2.05, 4.69) is 14.9 Å². The highest BCUT2D eigenvalue weighted by Gasteiger charge is 2.13. The minimum absolute atomic E-state index is 0.0637. The number of nitrogens with zero attached hydrogens (tertiary/aromatic N) is 3. The van der Waals surface area contributed by atoms with Crippen molar-refractivity contribution in [1.29, 1.82) is 0 Å². The number of primary amides is 1. The third kappa shape index (κ3) is 2.28. The molecular formula is C7H10N4O3. The summed E-state index contributed by atoms with van der Waals surface area (Å²) in [4.78, 5) is 21.6. The molecule has 1 aromatic heterocycles. The van der Waals surface area contributed by atoms with Gasteiger partial charge in [-0.05, 0) is 0 Å². The fourth-order valence-corrected chi connectivity index (χ4v) is 0.899. The number of aryl methyl sites for hydroxylation is 1. The quantitative estimate of drug-likeness (QED) is 0.621. The Morgan fingerprint density at radius 3 is 2.93 bits per heavy atom. The van der Waals surface area contributed by atoms with Gasteiger partial charge in [0.15, 0.2) is 0 Å². The van der Waals surface area contributed by atoms with Crippen LogP contribution in [-0.4, -0.2) is 33.8 Å². The van der Waals surface area contributed by atoms with Crippen LogP contribution in [0.15, 0.2) is 6.33 Å². The van der Waals surface area contributed by atoms with Gasteiger partial charge in [0.2, 0.25) is 11.7 Å². The molecule has 0 spiro atoms. The van der Waals surface area contributed by atoms with Gasteiger partial charge in [-0.1, -0.05) is 0 Å². The average molecular weight is 198 g/mol. The lowest BCUT2D eigenvalue weighted by Gasteiger charge is -2.02. The Morgan fingerprint density at radius 2 is 2.36 bits per heavy atom. The van der Waals surface area contributed by atoms with Crippen LogP contribution in [0.3, 0.4) is 0 Å². The summed E-state index contributed by atoms with van der Waals surface area (Å²) in [5, 5.41) is 7.08. The highest BCUT2D eigenvalue weighted by molar-refractivity contribution is 5.85. The molecule has 0 unspecified atom stereocenters. The number of amides is 1. The number of esters is 1. The number of hydrogen-bond acceptors (Lipinski definition) is 5. The van der Waals surface area contributed by atoms with E-state index in [0.29, 0.717) is 0 Å². The number of carbonyl (C=O) groups excluding carboxylic acids is 2. The molecule has 0 aliphatic carbocycles. The zero-order valence-corrected chi connectivity index (χ0v) is 7.64. The molecule has 0 aliphatic rings. The number of nitrogens with two attached hydrogens (primary N) is 1. The first-order valence-electron chi connectivity index (χ1n) is 3.89. The summed E-state index contributed by atoms with van der Waals surface area (Å²) >= 11 is 0. The van der Waals surface area contributed by atoms with Crippen molar-refractivity contribution in [3.05, 3.63) is 12.2 Å². The zero-order valence-electron chi connectivity index (χ0n) is 7.64. The second-order valence-corrected chi connectivity index (χ2v) is 2.56. The van der Waals surface area contributed by atoms with Gasteiger partial charge in [-0.15, -0.1) is 10.2 Å². The van der Waals surface area contributed by atoms with Crippen molar-refractivity contribution in [2.24, 2.45) is 5.73 Å². The van der Waals surface area contributed by atoms with Gasteiger partial charge in [-0.25, -0.2) is 4.79 Å². The summed E-state index contributed by atoms with van der Waals surface area (Å²) in [5.74, 6) is -0.977. The lowest BCUT2D eigenvalue weighted by atomic mass is 10.4. The van der Waals surface area contributed by atoms with E-state index >= 15 is 0 Å². The minimum Gasteiger partial charge on any atom is -0.463 e. The molecule has 0 radical (unpaired) electrons. The van der Waals surface area contributed by atoms with Crippen molar-refractivity contribution < 1.29 is 14.3 Å². The first-order valence-corrected chi connectivity index (χ1v) is 3.89. The fraction of sp³-hybridized carbons (Fsp3) is 0.429. The molecule has 2 N–H and O–H groups in total. The van der Waals surface area contributed by atoms with Crippen LogP contribution in [0.5, 0.6) is 0 Å². The van der Waals surface area contributed by atoms with Crippen molar-refractivity contribution in [2.75, 3.05) is 7.11 Å². The molecule has 0 aromatic carbocycles. The predicted molar refractivity (Wildman–Crippen MR) is 45.2 cm³/mol. The Kier molecular flexibility index (Phi) is 3.16. The highest BCUT2D eigenvalue weighted by atomic mass is 16.5. The van der Waals surface area contributed by atoms with Gasteiger partial charge in [-0.2, -0.15) is 0 Å². The molecule has 1 aromatic rings. The lowest BCUT2D eigenvalue weighted by molar-refractivity contribution is -0.118. The molecule has 1 rings (SSSR count). The average Bonchev–Trinajstić information content (AvgIpc) is 2.61. The van der Waals surface area contributed by atoms with E-state index in [4.69, 9.17) is 5.73 Å². The number of rotatable bonds is 4. The van der Waals surface area contributed by atoms with Crippen molar-refractivity contribution in [1.82, 2.24) is 14.8 Å². The van der Waals surface area contributed by atoms with Crippen LogP contribution < -0.4 is 5.73 Å². The summed E-state index contributed by atoms with van der Waals surface area (Å²) in [7, 11) is 1.25. The number of carbonyl (C=O) groups is 2. The molecule has 7 heteroatoms. The molecule has 0 saturated heterocycles. The van der Waals surface area contributed by atoms with E-state index in [-0.39, 0.29) is 18.8 Å². The largest absolute Gasteiger partial charge is 0.463 e. The normalized spacial score (nSPS) is 9.79. The van der Waals surface area contributed by atoms with Crippen LogP contribution >= 0.6 is 0 Å². The Bertz CT molecular complexity index is 346. The second kappa shape index (κ2) is 4.35. The van der Waals surface area contributed by atoms with Gasteiger partial charge in [0.05, 0.1) is 7.11 Å². The zero-order chi connectivity index (χ0) is 10.6. The van der Waals surface area contributed by atoms with Gasteiger partial charge in [-0.3, -0.25) is 4.79 Å². The van der Waals surface area contributed by atoms with Crippen molar-refractivity contribution in [3.8, 4) is 0 Å². The smallest absolute Gasteiger partial charge is 0.376 e. The van der Waals surface area contributed by atoms with E-state index in [0.717, 1.165) is 0 Å². The van der Waals surface area contributed by atoms with E-state index in [1.54, 1.807) is 0 Å². The van der Waals surface area contributed by atoms with Gasteiger partial charge >= 0.3 is 5.97 Å². The predicted octanol–water partition coefficient (Wildman–Crippen LogP) is -1.06. The fourth-order valence-electron chi connectivity index (χ4n) is 0.899. The van der Waals surface area contributed by atoms with Gasteiger partial charge in [0.25, 0.3) is 0 Å². The molecule has 0 atom stereocenters. The molecule has 14 heavy (non-hydrogen) atoms. The van der Waals surface area contributed by atoms with Crippen molar-refractivity contribution >= 4 is 11.9 Å². The third-order valence-electron chi connectivity index (χ3n) is 1.58. The molecule has 0 fully saturated rings. The Labute approximate surface area is 79.9 Å². The summed E-state index contributed by atoms with van der Waals surface area (Å²) in [6, 6.07) is 0. The number of methoxy groups -OCH3 is 1. The molecule has 0 aliphatic heterocycles. The first-order chi connectivity index (χ1) is 6.65. The van der Waals surface area contributed by atoms with Gasteiger partial charge < -0.3 is 15.0 Å². The third-order valence-corrected chi connectivity index (χ3v) is 1.58. The number of aromatic nitrogens is 3. The lowest BCUT2D eigenvalue weighted by Crippen LogP contribution is -2.17. The minimum atomic E-state index is -0.591. The van der Waals surface area contributed by atoms with E-state index in [1.807, 2.05) is 0 Å². The molecule has 0 saturated carbocycles. The summed E-state index contributed by atoms with van der Waals surface area (Å²) < 4.78 is 5.88. The van der Waals surface area contributed by atoms with E-state index in [1.165, 1.54) is 18.0 Å². The first kappa shape index (κ1) is 10.2. The Balaban J connectivity index is 2.72. The van der Waals surface area contributed by atoms with E-state index in [9.17, 15) is 9.59 Å². The van der Waals surface area contributed by atoms with Gasteiger partial charge in [0, 0.05) is 13.0 Å². The van der Waals surface area contributed by atoms with Crippen LogP contribution in [-0.2, 0) is 16.1 Å². The maximum absolute atomic E-state index is 11.1. The topological polar surface area (TPSA) is 100 Å². The standard InChI is InChI=1S/C7H10N4O3/c1-14-7(13)6-10-9-4-11(6)3-2-5(8)12/h4H,2-3H2,1H3,(H2,8,12). The van der Waals surface area contributed by atoms with Crippen LogP contribution in [0.25, 0.3) is 0 Å². The van der Waals surface area contributed by atoms with Crippen molar-refractivity contribution in [3.63, 3.8) is 0 Å². The number of hydrogen-bond donors (Lipinski definition) is 1. The molecule has 1 amide bonds. The maximum Gasteiger partial charge on any atom is 0.376 e. The SMILES string of the molecule is COC(=O)c1nncn1CCC(N)=O. The van der Waals surface area contributed by atoms with Crippen LogP contribution in [0.2, 0.25) is 0 Å². The monoisotopic (exact) mass is 198 g/mol. The van der Waals surface area contributed by atoms with Crippen molar-refractivity contribution in [2.45, 2.75) is 13.0 Å². The van der Waals surface area contributed by atoms with Gasteiger partial charge in [0.1, 0.15) is 6.33 Å². The summed E-state index contributed by atoms with van der Waals surface area (Å²) in [6.07, 6.45) is 1.47. The summed E-state index contributed by atoms with van der Waals surface area (Å²) in [6.45, 7) is 0.271. The number of ether oxygens (including phenoxy) is 1. The molecule has 76 valence electrons. The van der Waals surface area contributed by atoms with E-state index < -0.39 is 11.9 Å². The van der Waals surface area contributed by atoms with Crippen LogP contribution in [0, 0.1) is 0 Å². The molecular weight excluding hydrogens is 188 g/mol.